The molecule has 0 aliphatic heterocycles. The van der Waals surface area contributed by atoms with Gasteiger partial charge in [-0.3, -0.25) is 0 Å². The summed E-state index contributed by atoms with van der Waals surface area (Å²) in [5, 5.41) is 4.58. The van der Waals surface area contributed by atoms with E-state index in [1.165, 1.54) is 35.1 Å². The minimum Gasteiger partial charge on any atom is -0.366 e. The van der Waals surface area contributed by atoms with E-state index in [-0.39, 0.29) is 0 Å². The number of fused-ring (bicyclic) bond motifs is 3. The Balaban J connectivity index is 2.20. The Morgan fingerprint density at radius 1 is 1.41 bits per heavy atom. The Labute approximate surface area is 105 Å². The van der Waals surface area contributed by atoms with Gasteiger partial charge >= 0.3 is 0 Å². The highest BCUT2D eigenvalue weighted by atomic mass is 32.1. The normalized spacial score (nSPS) is 13.9. The van der Waals surface area contributed by atoms with Crippen molar-refractivity contribution in [2.24, 2.45) is 0 Å². The molecule has 17 heavy (non-hydrogen) atoms. The van der Waals surface area contributed by atoms with Crippen LogP contribution < -0.4 is 5.32 Å². The van der Waals surface area contributed by atoms with Crippen LogP contribution in [0.5, 0.6) is 0 Å². The first kappa shape index (κ1) is 10.7. The molecule has 0 bridgehead atoms. The molecule has 88 valence electrons. The second-order valence-corrected chi connectivity index (χ2v) is 5.41. The summed E-state index contributed by atoms with van der Waals surface area (Å²) in [6.07, 6.45) is 5.50. The molecule has 0 spiro atoms. The highest BCUT2D eigenvalue weighted by Crippen LogP contribution is 2.39. The SMILES string of the molecule is C=CCNc1nc(C)nc2sc3c(c12)CCC3. The number of thiophene rings is 1. The van der Waals surface area contributed by atoms with Crippen LogP contribution in [0.2, 0.25) is 0 Å². The van der Waals surface area contributed by atoms with E-state index in [9.17, 15) is 0 Å². The monoisotopic (exact) mass is 245 g/mol. The fourth-order valence-corrected chi connectivity index (χ4v) is 3.71. The van der Waals surface area contributed by atoms with Crippen molar-refractivity contribution in [1.82, 2.24) is 9.97 Å². The van der Waals surface area contributed by atoms with E-state index >= 15 is 0 Å². The minimum absolute atomic E-state index is 0.746. The molecule has 4 heteroatoms. The third-order valence-corrected chi connectivity index (χ3v) is 4.28. The molecule has 2 aromatic rings. The summed E-state index contributed by atoms with van der Waals surface area (Å²) in [6.45, 7) is 6.43. The van der Waals surface area contributed by atoms with Crippen molar-refractivity contribution in [1.29, 1.82) is 0 Å². The number of hydrogen-bond acceptors (Lipinski definition) is 4. The number of rotatable bonds is 3. The number of aromatic nitrogens is 2. The summed E-state index contributed by atoms with van der Waals surface area (Å²) in [5.41, 5.74) is 1.47. The van der Waals surface area contributed by atoms with Gasteiger partial charge in [-0.1, -0.05) is 6.08 Å². The van der Waals surface area contributed by atoms with E-state index in [2.05, 4.69) is 21.9 Å². The lowest BCUT2D eigenvalue weighted by Gasteiger charge is -2.06. The van der Waals surface area contributed by atoms with Crippen LogP contribution in [-0.2, 0) is 12.8 Å². The van der Waals surface area contributed by atoms with Crippen LogP contribution in [0.3, 0.4) is 0 Å². The van der Waals surface area contributed by atoms with Gasteiger partial charge in [-0.15, -0.1) is 17.9 Å². The average Bonchev–Trinajstić information content (AvgIpc) is 2.84. The van der Waals surface area contributed by atoms with Gasteiger partial charge in [0.1, 0.15) is 16.5 Å². The second kappa shape index (κ2) is 4.11. The number of nitrogens with zero attached hydrogens (tertiary/aromatic N) is 2. The van der Waals surface area contributed by atoms with Crippen LogP contribution in [0.1, 0.15) is 22.7 Å². The molecule has 0 aromatic carbocycles. The van der Waals surface area contributed by atoms with Gasteiger partial charge in [0.05, 0.1) is 5.39 Å². The van der Waals surface area contributed by atoms with E-state index in [1.54, 1.807) is 0 Å². The standard InChI is InChI=1S/C13H15N3S/c1-3-7-14-12-11-9-5-4-6-10(9)17-13(11)16-8(2)15-12/h3H,1,4-7H2,2H3,(H,14,15,16). The van der Waals surface area contributed by atoms with Gasteiger partial charge in [0.25, 0.3) is 0 Å². The summed E-state index contributed by atoms with van der Waals surface area (Å²) >= 11 is 1.83. The Morgan fingerprint density at radius 2 is 2.29 bits per heavy atom. The zero-order valence-corrected chi connectivity index (χ0v) is 10.7. The van der Waals surface area contributed by atoms with Crippen molar-refractivity contribution in [2.75, 3.05) is 11.9 Å². The highest BCUT2D eigenvalue weighted by molar-refractivity contribution is 7.19. The Morgan fingerprint density at radius 3 is 3.12 bits per heavy atom. The predicted molar refractivity (Wildman–Crippen MR) is 72.9 cm³/mol. The predicted octanol–water partition coefficient (Wildman–Crippen LogP) is 3.09. The Kier molecular flexibility index (Phi) is 2.59. The maximum atomic E-state index is 4.55. The van der Waals surface area contributed by atoms with Crippen LogP contribution in [0.25, 0.3) is 10.2 Å². The van der Waals surface area contributed by atoms with Gasteiger partial charge in [-0.2, -0.15) is 0 Å². The van der Waals surface area contributed by atoms with Gasteiger partial charge in [-0.05, 0) is 31.7 Å². The molecule has 0 radical (unpaired) electrons. The fourth-order valence-electron chi connectivity index (χ4n) is 2.40. The molecule has 0 unspecified atom stereocenters. The van der Waals surface area contributed by atoms with E-state index in [4.69, 9.17) is 0 Å². The van der Waals surface area contributed by atoms with Crippen LogP contribution in [-0.4, -0.2) is 16.5 Å². The average molecular weight is 245 g/mol. The quantitative estimate of drug-likeness (QED) is 0.844. The number of nitrogens with one attached hydrogen (secondary N) is 1. The van der Waals surface area contributed by atoms with Gasteiger partial charge < -0.3 is 5.32 Å². The molecule has 3 rings (SSSR count). The van der Waals surface area contributed by atoms with E-state index in [0.29, 0.717) is 0 Å². The van der Waals surface area contributed by atoms with E-state index in [1.807, 2.05) is 24.3 Å². The van der Waals surface area contributed by atoms with Crippen molar-refractivity contribution >= 4 is 27.4 Å². The van der Waals surface area contributed by atoms with Crippen molar-refractivity contribution < 1.29 is 0 Å². The van der Waals surface area contributed by atoms with Crippen LogP contribution in [0.15, 0.2) is 12.7 Å². The molecular formula is C13H15N3S. The molecule has 1 aliphatic carbocycles. The van der Waals surface area contributed by atoms with Crippen LogP contribution in [0, 0.1) is 6.92 Å². The smallest absolute Gasteiger partial charge is 0.139 e. The second-order valence-electron chi connectivity index (χ2n) is 4.33. The van der Waals surface area contributed by atoms with E-state index < -0.39 is 0 Å². The molecular weight excluding hydrogens is 230 g/mol. The third-order valence-electron chi connectivity index (χ3n) is 3.09. The van der Waals surface area contributed by atoms with Gasteiger partial charge in [-0.25, -0.2) is 9.97 Å². The number of aryl methyl sites for hydroxylation is 3. The minimum atomic E-state index is 0.746. The van der Waals surface area contributed by atoms with E-state index in [0.717, 1.165) is 23.0 Å². The first-order valence-corrected chi connectivity index (χ1v) is 6.75. The van der Waals surface area contributed by atoms with Crippen molar-refractivity contribution in [3.05, 3.63) is 28.9 Å². The lowest BCUT2D eigenvalue weighted by Crippen LogP contribution is -2.03. The molecule has 0 fully saturated rings. The molecule has 0 saturated carbocycles. The fraction of sp³-hybridized carbons (Fsp3) is 0.385. The molecule has 2 heterocycles. The Bertz CT molecular complexity index is 586. The molecule has 0 atom stereocenters. The van der Waals surface area contributed by atoms with Gasteiger partial charge in [0.15, 0.2) is 0 Å². The molecule has 2 aromatic heterocycles. The van der Waals surface area contributed by atoms with Crippen LogP contribution >= 0.6 is 11.3 Å². The highest BCUT2D eigenvalue weighted by Gasteiger charge is 2.21. The lowest BCUT2D eigenvalue weighted by molar-refractivity contribution is 0.916. The molecule has 0 saturated heterocycles. The molecule has 1 N–H and O–H groups in total. The summed E-state index contributed by atoms with van der Waals surface area (Å²) in [7, 11) is 0. The van der Waals surface area contributed by atoms with Crippen LogP contribution in [0.4, 0.5) is 5.82 Å². The maximum Gasteiger partial charge on any atom is 0.139 e. The van der Waals surface area contributed by atoms with Crippen molar-refractivity contribution in [3.63, 3.8) is 0 Å². The zero-order chi connectivity index (χ0) is 11.8. The maximum absolute atomic E-state index is 4.55. The first-order chi connectivity index (χ1) is 8.29. The molecule has 3 nitrogen and oxygen atoms in total. The van der Waals surface area contributed by atoms with Crippen molar-refractivity contribution in [3.8, 4) is 0 Å². The number of hydrogen-bond donors (Lipinski definition) is 1. The summed E-state index contributed by atoms with van der Waals surface area (Å²) in [4.78, 5) is 11.7. The molecule has 0 amide bonds. The van der Waals surface area contributed by atoms with Gasteiger partial charge in [0, 0.05) is 11.4 Å². The first-order valence-electron chi connectivity index (χ1n) is 5.93. The zero-order valence-electron chi connectivity index (χ0n) is 9.92. The topological polar surface area (TPSA) is 37.8 Å². The summed E-state index contributed by atoms with van der Waals surface area (Å²) < 4.78 is 0. The number of anilines is 1. The lowest BCUT2D eigenvalue weighted by atomic mass is 10.2. The van der Waals surface area contributed by atoms with Crippen molar-refractivity contribution in [2.45, 2.75) is 26.2 Å². The largest absolute Gasteiger partial charge is 0.366 e. The third kappa shape index (κ3) is 1.72. The van der Waals surface area contributed by atoms with Gasteiger partial charge in [0.2, 0.25) is 0 Å². The summed E-state index contributed by atoms with van der Waals surface area (Å²) in [5.74, 6) is 1.82. The molecule has 1 aliphatic rings. The summed E-state index contributed by atoms with van der Waals surface area (Å²) in [6, 6.07) is 0. The Hall–Kier alpha value is -1.42.